The zero-order valence-electron chi connectivity index (χ0n) is 13.7. The highest BCUT2D eigenvalue weighted by atomic mass is 79.9. The minimum absolute atomic E-state index is 0.168. The van der Waals surface area contributed by atoms with E-state index in [1.807, 2.05) is 6.07 Å². The van der Waals surface area contributed by atoms with Gasteiger partial charge in [0.05, 0.1) is 10.6 Å². The number of likely N-dealkylation sites (N-methyl/N-ethyl adjacent to an activating group) is 1. The van der Waals surface area contributed by atoms with Crippen LogP contribution >= 0.6 is 31.9 Å². The van der Waals surface area contributed by atoms with E-state index in [9.17, 15) is 0 Å². The third-order valence-corrected chi connectivity index (χ3v) is 5.09. The van der Waals surface area contributed by atoms with Gasteiger partial charge in [-0.2, -0.15) is 0 Å². The molecular weight excluding hydrogens is 408 g/mol. The zero-order chi connectivity index (χ0) is 16.1. The molecule has 1 fully saturated rings. The molecule has 1 aromatic carbocycles. The third kappa shape index (κ3) is 4.95. The monoisotopic (exact) mass is 432 g/mol. The molecule has 0 saturated carbocycles. The quantitative estimate of drug-likeness (QED) is 0.681. The maximum atomic E-state index is 5.98. The molecule has 2 rings (SSSR count). The average molecular weight is 434 g/mol. The predicted octanol–water partition coefficient (Wildman–Crippen LogP) is 4.57. The second kappa shape index (κ2) is 8.67. The fourth-order valence-corrected chi connectivity index (χ4v) is 4.44. The number of hydrogen-bond acceptors (Lipinski definition) is 3. The van der Waals surface area contributed by atoms with Crippen LogP contribution in [0.3, 0.4) is 0 Å². The highest BCUT2D eigenvalue weighted by molar-refractivity contribution is 9.11. The number of halogens is 2. The summed E-state index contributed by atoms with van der Waals surface area (Å²) in [6.07, 6.45) is 2.80. The average Bonchev–Trinajstić information content (AvgIpc) is 2.89. The largest absolute Gasteiger partial charge is 0.489 e. The van der Waals surface area contributed by atoms with Gasteiger partial charge in [0.25, 0.3) is 0 Å². The third-order valence-electron chi connectivity index (χ3n) is 4.04. The number of ether oxygens (including phenoxy) is 1. The van der Waals surface area contributed by atoms with Crippen LogP contribution in [0.5, 0.6) is 5.75 Å². The fourth-order valence-electron chi connectivity index (χ4n) is 3.03. The Bertz CT molecular complexity index is 494. The van der Waals surface area contributed by atoms with E-state index < -0.39 is 0 Å². The van der Waals surface area contributed by atoms with Crippen molar-refractivity contribution in [2.24, 2.45) is 0 Å². The lowest BCUT2D eigenvalue weighted by atomic mass is 10.1. The molecule has 1 N–H and O–H groups in total. The lowest BCUT2D eigenvalue weighted by molar-refractivity contribution is 0.236. The molecule has 1 heterocycles. The van der Waals surface area contributed by atoms with Gasteiger partial charge in [-0.1, -0.05) is 22.9 Å². The molecule has 0 radical (unpaired) electrons. The Labute approximate surface area is 151 Å². The summed E-state index contributed by atoms with van der Waals surface area (Å²) in [5.74, 6) is 0.949. The van der Waals surface area contributed by atoms with Crippen molar-refractivity contribution in [2.45, 2.75) is 52.3 Å². The summed E-state index contributed by atoms with van der Waals surface area (Å²) in [7, 11) is 0. The van der Waals surface area contributed by atoms with Gasteiger partial charge in [-0.3, -0.25) is 4.90 Å². The molecule has 0 aromatic heterocycles. The van der Waals surface area contributed by atoms with Crippen LogP contribution in [0.1, 0.15) is 39.2 Å². The first-order valence-corrected chi connectivity index (χ1v) is 9.69. The molecule has 0 amide bonds. The number of nitrogens with one attached hydrogen (secondary N) is 1. The van der Waals surface area contributed by atoms with Crippen LogP contribution in [0, 0.1) is 0 Å². The van der Waals surface area contributed by atoms with E-state index in [1.54, 1.807) is 0 Å². The zero-order valence-corrected chi connectivity index (χ0v) is 16.8. The van der Waals surface area contributed by atoms with Gasteiger partial charge in [0.15, 0.2) is 0 Å². The van der Waals surface area contributed by atoms with Gasteiger partial charge in [0.2, 0.25) is 0 Å². The van der Waals surface area contributed by atoms with Gasteiger partial charge < -0.3 is 10.1 Å². The highest BCUT2D eigenvalue weighted by Gasteiger charge is 2.22. The van der Waals surface area contributed by atoms with Crippen molar-refractivity contribution < 1.29 is 4.74 Å². The molecule has 1 aliphatic rings. The Morgan fingerprint density at radius 2 is 2.14 bits per heavy atom. The Morgan fingerprint density at radius 1 is 1.36 bits per heavy atom. The fraction of sp³-hybridized carbons (Fsp3) is 0.647. The number of rotatable bonds is 7. The predicted molar refractivity (Wildman–Crippen MR) is 99.6 cm³/mol. The topological polar surface area (TPSA) is 24.5 Å². The van der Waals surface area contributed by atoms with E-state index in [-0.39, 0.29) is 6.10 Å². The highest BCUT2D eigenvalue weighted by Crippen LogP contribution is 2.33. The summed E-state index contributed by atoms with van der Waals surface area (Å²) >= 11 is 7.19. The standard InChI is InChI=1S/C17H26Br2N2O/c1-4-21-7-5-6-15(21)11-20-10-13-8-14(18)9-16(19)17(13)22-12(2)3/h8-9,12,15,20H,4-7,10-11H2,1-3H3. The van der Waals surface area contributed by atoms with Crippen molar-refractivity contribution in [1.82, 2.24) is 10.2 Å². The lowest BCUT2D eigenvalue weighted by Gasteiger charge is -2.23. The summed E-state index contributed by atoms with van der Waals surface area (Å²) in [5, 5.41) is 3.61. The number of hydrogen-bond donors (Lipinski definition) is 1. The number of likely N-dealkylation sites (tertiary alicyclic amines) is 1. The van der Waals surface area contributed by atoms with Gasteiger partial charge in [-0.05, 0) is 67.8 Å². The van der Waals surface area contributed by atoms with Crippen molar-refractivity contribution in [3.8, 4) is 5.75 Å². The molecule has 22 heavy (non-hydrogen) atoms. The molecule has 1 atom stereocenters. The Balaban J connectivity index is 1.99. The van der Waals surface area contributed by atoms with Crippen LogP contribution < -0.4 is 10.1 Å². The van der Waals surface area contributed by atoms with Crippen molar-refractivity contribution in [2.75, 3.05) is 19.6 Å². The molecule has 0 aliphatic carbocycles. The molecule has 1 aromatic rings. The molecule has 1 saturated heterocycles. The van der Waals surface area contributed by atoms with E-state index in [1.165, 1.54) is 24.9 Å². The maximum Gasteiger partial charge on any atom is 0.138 e. The number of nitrogens with zero attached hydrogens (tertiary/aromatic N) is 1. The minimum Gasteiger partial charge on any atom is -0.489 e. The molecule has 124 valence electrons. The summed E-state index contributed by atoms with van der Waals surface area (Å²) in [6, 6.07) is 4.86. The van der Waals surface area contributed by atoms with Gasteiger partial charge in [-0.15, -0.1) is 0 Å². The molecule has 1 aliphatic heterocycles. The first-order valence-electron chi connectivity index (χ1n) is 8.10. The Morgan fingerprint density at radius 3 is 2.82 bits per heavy atom. The summed E-state index contributed by atoms with van der Waals surface area (Å²) in [4.78, 5) is 2.56. The van der Waals surface area contributed by atoms with Gasteiger partial charge in [-0.25, -0.2) is 0 Å². The molecule has 0 bridgehead atoms. The van der Waals surface area contributed by atoms with Gasteiger partial charge in [0, 0.05) is 29.2 Å². The van der Waals surface area contributed by atoms with E-state index in [0.717, 1.165) is 34.3 Å². The van der Waals surface area contributed by atoms with Crippen molar-refractivity contribution in [1.29, 1.82) is 0 Å². The summed E-state index contributed by atoms with van der Waals surface area (Å²) < 4.78 is 8.05. The first kappa shape index (κ1) is 18.2. The van der Waals surface area contributed by atoms with Crippen molar-refractivity contribution in [3.63, 3.8) is 0 Å². The van der Waals surface area contributed by atoms with E-state index >= 15 is 0 Å². The van der Waals surface area contributed by atoms with Crippen LogP contribution in [0.4, 0.5) is 0 Å². The maximum absolute atomic E-state index is 5.98. The van der Waals surface area contributed by atoms with E-state index in [4.69, 9.17) is 4.74 Å². The second-order valence-corrected chi connectivity index (χ2v) is 7.87. The first-order chi connectivity index (χ1) is 10.5. The lowest BCUT2D eigenvalue weighted by Crippen LogP contribution is -2.37. The second-order valence-electron chi connectivity index (χ2n) is 6.10. The summed E-state index contributed by atoms with van der Waals surface area (Å²) in [5.41, 5.74) is 1.19. The SMILES string of the molecule is CCN1CCCC1CNCc1cc(Br)cc(Br)c1OC(C)C. The summed E-state index contributed by atoms with van der Waals surface area (Å²) in [6.45, 7) is 10.6. The molecular formula is C17H26Br2N2O. The smallest absolute Gasteiger partial charge is 0.138 e. The van der Waals surface area contributed by atoms with Crippen LogP contribution in [-0.4, -0.2) is 36.7 Å². The van der Waals surface area contributed by atoms with E-state index in [0.29, 0.717) is 6.04 Å². The minimum atomic E-state index is 0.168. The van der Waals surface area contributed by atoms with E-state index in [2.05, 4.69) is 68.9 Å². The number of benzene rings is 1. The Hall–Kier alpha value is -0.100. The van der Waals surface area contributed by atoms with Crippen LogP contribution in [-0.2, 0) is 6.54 Å². The van der Waals surface area contributed by atoms with Gasteiger partial charge in [0.1, 0.15) is 5.75 Å². The normalized spacial score (nSPS) is 19.1. The van der Waals surface area contributed by atoms with Crippen LogP contribution in [0.15, 0.2) is 21.1 Å². The molecule has 0 spiro atoms. The van der Waals surface area contributed by atoms with Crippen molar-refractivity contribution in [3.05, 3.63) is 26.6 Å². The Kier molecular flexibility index (Phi) is 7.19. The molecule has 3 nitrogen and oxygen atoms in total. The van der Waals surface area contributed by atoms with Crippen molar-refractivity contribution >= 4 is 31.9 Å². The molecule has 1 unspecified atom stereocenters. The van der Waals surface area contributed by atoms with Gasteiger partial charge >= 0.3 is 0 Å². The van der Waals surface area contributed by atoms with Crippen LogP contribution in [0.2, 0.25) is 0 Å². The van der Waals surface area contributed by atoms with Crippen LogP contribution in [0.25, 0.3) is 0 Å². The molecule has 5 heteroatoms.